The first-order valence-electron chi connectivity index (χ1n) is 5.79. The van der Waals surface area contributed by atoms with E-state index in [0.29, 0.717) is 17.9 Å². The average molecular weight is 376 g/mol. The van der Waals surface area contributed by atoms with E-state index < -0.39 is 9.05 Å². The Kier molecular flexibility index (Phi) is 4.73. The molecular formula is C14H12BrClO3S. The molecule has 2 rings (SSSR count). The van der Waals surface area contributed by atoms with Gasteiger partial charge in [0.1, 0.15) is 12.4 Å². The molecule has 0 unspecified atom stereocenters. The van der Waals surface area contributed by atoms with Crippen molar-refractivity contribution in [1.29, 1.82) is 0 Å². The summed E-state index contributed by atoms with van der Waals surface area (Å²) in [5, 5.41) is 0. The Balaban J connectivity index is 2.14. The van der Waals surface area contributed by atoms with E-state index in [0.717, 1.165) is 10.0 Å². The lowest BCUT2D eigenvalue weighted by atomic mass is 10.2. The first-order valence-corrected chi connectivity index (χ1v) is 8.89. The highest BCUT2D eigenvalue weighted by Crippen LogP contribution is 2.24. The number of ether oxygens (including phenoxy) is 1. The molecule has 0 N–H and O–H groups in total. The molecule has 0 heterocycles. The summed E-state index contributed by atoms with van der Waals surface area (Å²) in [7, 11) is 1.62. The SMILES string of the molecule is Cc1cc(OCc2cccc(Br)c2)ccc1S(=O)(=O)Cl. The maximum Gasteiger partial charge on any atom is 0.261 e. The molecule has 20 heavy (non-hydrogen) atoms. The molecule has 2 aromatic rings. The van der Waals surface area contributed by atoms with E-state index >= 15 is 0 Å². The van der Waals surface area contributed by atoms with Crippen molar-refractivity contribution in [2.45, 2.75) is 18.4 Å². The van der Waals surface area contributed by atoms with Crippen molar-refractivity contribution in [2.24, 2.45) is 0 Å². The van der Waals surface area contributed by atoms with Gasteiger partial charge in [-0.1, -0.05) is 28.1 Å². The van der Waals surface area contributed by atoms with Gasteiger partial charge in [-0.2, -0.15) is 0 Å². The molecule has 6 heteroatoms. The molecule has 0 atom stereocenters. The van der Waals surface area contributed by atoms with E-state index in [1.807, 2.05) is 24.3 Å². The predicted octanol–water partition coefficient (Wildman–Crippen LogP) is 4.26. The van der Waals surface area contributed by atoms with Gasteiger partial charge in [0.15, 0.2) is 0 Å². The second-order valence-electron chi connectivity index (χ2n) is 4.28. The van der Waals surface area contributed by atoms with Gasteiger partial charge < -0.3 is 4.74 Å². The minimum atomic E-state index is -3.71. The molecule has 0 aliphatic rings. The lowest BCUT2D eigenvalue weighted by molar-refractivity contribution is 0.305. The predicted molar refractivity (Wildman–Crippen MR) is 82.7 cm³/mol. The maximum absolute atomic E-state index is 11.3. The summed E-state index contributed by atoms with van der Waals surface area (Å²) in [5.74, 6) is 0.603. The molecule has 0 saturated carbocycles. The number of benzene rings is 2. The molecule has 0 bridgehead atoms. The molecule has 0 saturated heterocycles. The van der Waals surface area contributed by atoms with Crippen LogP contribution in [0.25, 0.3) is 0 Å². The number of hydrogen-bond acceptors (Lipinski definition) is 3. The third-order valence-electron chi connectivity index (χ3n) is 2.70. The summed E-state index contributed by atoms with van der Waals surface area (Å²) in [6.07, 6.45) is 0. The van der Waals surface area contributed by atoms with Crippen LogP contribution in [0.2, 0.25) is 0 Å². The van der Waals surface area contributed by atoms with Gasteiger partial charge in [-0.3, -0.25) is 0 Å². The fraction of sp³-hybridized carbons (Fsp3) is 0.143. The van der Waals surface area contributed by atoms with Crippen LogP contribution in [-0.2, 0) is 15.7 Å². The van der Waals surface area contributed by atoms with Crippen LogP contribution in [0.15, 0.2) is 51.8 Å². The number of halogens is 2. The molecule has 0 aromatic heterocycles. The molecule has 106 valence electrons. The molecule has 2 aromatic carbocycles. The van der Waals surface area contributed by atoms with Crippen molar-refractivity contribution in [3.8, 4) is 5.75 Å². The Labute approximate surface area is 131 Å². The summed E-state index contributed by atoms with van der Waals surface area (Å²) in [6.45, 7) is 2.09. The third-order valence-corrected chi connectivity index (χ3v) is 4.68. The Morgan fingerprint density at radius 1 is 1.20 bits per heavy atom. The average Bonchev–Trinajstić information content (AvgIpc) is 2.35. The van der Waals surface area contributed by atoms with E-state index in [4.69, 9.17) is 15.4 Å². The fourth-order valence-electron chi connectivity index (χ4n) is 1.78. The fourth-order valence-corrected chi connectivity index (χ4v) is 3.42. The smallest absolute Gasteiger partial charge is 0.261 e. The molecular weight excluding hydrogens is 364 g/mol. The highest BCUT2D eigenvalue weighted by atomic mass is 79.9. The van der Waals surface area contributed by atoms with E-state index in [1.165, 1.54) is 6.07 Å². The Hall–Kier alpha value is -1.04. The van der Waals surface area contributed by atoms with Crippen LogP contribution in [0.4, 0.5) is 0 Å². The van der Waals surface area contributed by atoms with E-state index in [2.05, 4.69) is 15.9 Å². The van der Waals surface area contributed by atoms with Crippen molar-refractivity contribution in [2.75, 3.05) is 0 Å². The minimum absolute atomic E-state index is 0.106. The summed E-state index contributed by atoms with van der Waals surface area (Å²) in [5.41, 5.74) is 1.58. The topological polar surface area (TPSA) is 43.4 Å². The van der Waals surface area contributed by atoms with Gasteiger partial charge >= 0.3 is 0 Å². The van der Waals surface area contributed by atoms with E-state index in [-0.39, 0.29) is 4.90 Å². The van der Waals surface area contributed by atoms with Gasteiger partial charge in [-0.15, -0.1) is 0 Å². The number of rotatable bonds is 4. The number of hydrogen-bond donors (Lipinski definition) is 0. The van der Waals surface area contributed by atoms with Crippen molar-refractivity contribution in [3.63, 3.8) is 0 Å². The lowest BCUT2D eigenvalue weighted by Crippen LogP contribution is -1.98. The quantitative estimate of drug-likeness (QED) is 0.750. The van der Waals surface area contributed by atoms with Crippen molar-refractivity contribution < 1.29 is 13.2 Å². The largest absolute Gasteiger partial charge is 0.489 e. The van der Waals surface area contributed by atoms with Crippen LogP contribution >= 0.6 is 26.6 Å². The first-order chi connectivity index (χ1) is 9.36. The number of aryl methyl sites for hydroxylation is 1. The summed E-state index contributed by atoms with van der Waals surface area (Å²) < 4.78 is 29.2. The zero-order valence-electron chi connectivity index (χ0n) is 10.6. The lowest BCUT2D eigenvalue weighted by Gasteiger charge is -2.09. The maximum atomic E-state index is 11.3. The minimum Gasteiger partial charge on any atom is -0.489 e. The molecule has 0 amide bonds. The zero-order valence-corrected chi connectivity index (χ0v) is 13.8. The van der Waals surface area contributed by atoms with Crippen LogP contribution < -0.4 is 4.74 Å². The van der Waals surface area contributed by atoms with Crippen molar-refractivity contribution in [1.82, 2.24) is 0 Å². The normalized spacial score (nSPS) is 11.3. The first kappa shape index (κ1) is 15.4. The molecule has 0 aliphatic carbocycles. The van der Waals surface area contributed by atoms with Gasteiger partial charge in [0.05, 0.1) is 4.90 Å². The summed E-state index contributed by atoms with van der Waals surface area (Å²) in [6, 6.07) is 12.5. The van der Waals surface area contributed by atoms with Crippen LogP contribution in [0.1, 0.15) is 11.1 Å². The summed E-state index contributed by atoms with van der Waals surface area (Å²) >= 11 is 3.39. The van der Waals surface area contributed by atoms with Crippen LogP contribution in [0.5, 0.6) is 5.75 Å². The Bertz CT molecular complexity index is 729. The second kappa shape index (κ2) is 6.16. The van der Waals surface area contributed by atoms with E-state index in [9.17, 15) is 8.42 Å². The Morgan fingerprint density at radius 2 is 1.95 bits per heavy atom. The molecule has 0 spiro atoms. The second-order valence-corrected chi connectivity index (χ2v) is 7.73. The van der Waals surface area contributed by atoms with Gasteiger partial charge in [-0.25, -0.2) is 8.42 Å². The molecule has 3 nitrogen and oxygen atoms in total. The highest BCUT2D eigenvalue weighted by Gasteiger charge is 2.13. The standard InChI is InChI=1S/C14H12BrClO3S/c1-10-7-13(5-6-14(10)20(16,17)18)19-9-11-3-2-4-12(15)8-11/h2-8H,9H2,1H3. The molecule has 0 radical (unpaired) electrons. The zero-order chi connectivity index (χ0) is 14.8. The highest BCUT2D eigenvalue weighted by molar-refractivity contribution is 9.10. The van der Waals surface area contributed by atoms with Crippen LogP contribution in [0, 0.1) is 6.92 Å². The van der Waals surface area contributed by atoms with Crippen LogP contribution in [0.3, 0.4) is 0 Å². The van der Waals surface area contributed by atoms with E-state index in [1.54, 1.807) is 19.1 Å². The molecule has 0 aliphatic heterocycles. The van der Waals surface area contributed by atoms with Crippen molar-refractivity contribution in [3.05, 3.63) is 58.1 Å². The monoisotopic (exact) mass is 374 g/mol. The van der Waals surface area contributed by atoms with Gasteiger partial charge in [-0.05, 0) is 48.4 Å². The van der Waals surface area contributed by atoms with Gasteiger partial charge in [0.25, 0.3) is 9.05 Å². The van der Waals surface area contributed by atoms with Crippen LogP contribution in [-0.4, -0.2) is 8.42 Å². The molecule has 0 fully saturated rings. The third kappa shape index (κ3) is 3.98. The van der Waals surface area contributed by atoms with Gasteiger partial charge in [0.2, 0.25) is 0 Å². The Morgan fingerprint density at radius 3 is 2.55 bits per heavy atom. The summed E-state index contributed by atoms with van der Waals surface area (Å²) in [4.78, 5) is 0.106. The van der Waals surface area contributed by atoms with Gasteiger partial charge in [0, 0.05) is 15.2 Å². The van der Waals surface area contributed by atoms with Crippen molar-refractivity contribution >= 4 is 35.7 Å².